The van der Waals surface area contributed by atoms with Crippen molar-refractivity contribution in [1.29, 1.82) is 0 Å². The monoisotopic (exact) mass is 303 g/mol. The summed E-state index contributed by atoms with van der Waals surface area (Å²) in [7, 11) is 0. The van der Waals surface area contributed by atoms with Gasteiger partial charge in [0.2, 0.25) is 0 Å². The predicted molar refractivity (Wildman–Crippen MR) is 75.2 cm³/mol. The van der Waals surface area contributed by atoms with E-state index >= 15 is 0 Å². The SMILES string of the molecule is CC(C)(N)CSCCOc1ccc(Br)cc1. The molecule has 2 N–H and O–H groups in total. The highest BCUT2D eigenvalue weighted by Gasteiger charge is 2.09. The first kappa shape index (κ1) is 13.9. The summed E-state index contributed by atoms with van der Waals surface area (Å²) in [4.78, 5) is 0. The van der Waals surface area contributed by atoms with E-state index in [4.69, 9.17) is 10.5 Å². The Morgan fingerprint density at radius 3 is 2.50 bits per heavy atom. The summed E-state index contributed by atoms with van der Waals surface area (Å²) in [5.41, 5.74) is 5.78. The molecular formula is C12H18BrNOS. The molecule has 0 fully saturated rings. The molecule has 0 aliphatic heterocycles. The molecule has 1 aromatic rings. The van der Waals surface area contributed by atoms with E-state index < -0.39 is 0 Å². The Bertz CT molecular complexity index is 308. The van der Waals surface area contributed by atoms with Crippen molar-refractivity contribution >= 4 is 27.7 Å². The summed E-state index contributed by atoms with van der Waals surface area (Å²) in [5.74, 6) is 2.84. The van der Waals surface area contributed by atoms with Crippen molar-refractivity contribution in [2.75, 3.05) is 18.1 Å². The van der Waals surface area contributed by atoms with Gasteiger partial charge in [-0.15, -0.1) is 0 Å². The van der Waals surface area contributed by atoms with Crippen LogP contribution in [-0.4, -0.2) is 23.7 Å². The lowest BCUT2D eigenvalue weighted by Crippen LogP contribution is -2.34. The van der Waals surface area contributed by atoms with Gasteiger partial charge in [0.25, 0.3) is 0 Å². The Hall–Kier alpha value is -0.190. The number of benzene rings is 1. The zero-order valence-corrected chi connectivity index (χ0v) is 12.1. The Kier molecular flexibility index (Phi) is 5.66. The van der Waals surface area contributed by atoms with Crippen LogP contribution in [0, 0.1) is 0 Å². The smallest absolute Gasteiger partial charge is 0.119 e. The van der Waals surface area contributed by atoms with Crippen LogP contribution >= 0.6 is 27.7 Å². The lowest BCUT2D eigenvalue weighted by molar-refractivity contribution is 0.344. The van der Waals surface area contributed by atoms with Crippen molar-refractivity contribution in [3.05, 3.63) is 28.7 Å². The van der Waals surface area contributed by atoms with Gasteiger partial charge >= 0.3 is 0 Å². The van der Waals surface area contributed by atoms with Gasteiger partial charge in [-0.3, -0.25) is 0 Å². The molecular weight excluding hydrogens is 286 g/mol. The third-order valence-electron chi connectivity index (χ3n) is 1.78. The van der Waals surface area contributed by atoms with Gasteiger partial charge in [0.05, 0.1) is 6.61 Å². The Labute approximate surface area is 110 Å². The minimum Gasteiger partial charge on any atom is -0.493 e. The van der Waals surface area contributed by atoms with Gasteiger partial charge in [-0.25, -0.2) is 0 Å². The van der Waals surface area contributed by atoms with E-state index in [1.165, 1.54) is 0 Å². The summed E-state index contributed by atoms with van der Waals surface area (Å²) < 4.78 is 6.66. The average Bonchev–Trinajstić information content (AvgIpc) is 2.19. The van der Waals surface area contributed by atoms with Crippen molar-refractivity contribution < 1.29 is 4.74 Å². The molecule has 1 rings (SSSR count). The topological polar surface area (TPSA) is 35.2 Å². The van der Waals surface area contributed by atoms with Crippen LogP contribution in [0.15, 0.2) is 28.7 Å². The highest BCUT2D eigenvalue weighted by atomic mass is 79.9. The number of halogens is 1. The average molecular weight is 304 g/mol. The number of ether oxygens (including phenoxy) is 1. The third-order valence-corrected chi connectivity index (χ3v) is 3.72. The molecule has 1 aromatic carbocycles. The summed E-state index contributed by atoms with van der Waals surface area (Å²) >= 11 is 5.21. The number of nitrogens with two attached hydrogens (primary N) is 1. The zero-order valence-electron chi connectivity index (χ0n) is 9.70. The molecule has 0 saturated heterocycles. The van der Waals surface area contributed by atoms with Crippen LogP contribution in [0.3, 0.4) is 0 Å². The molecule has 4 heteroatoms. The lowest BCUT2D eigenvalue weighted by atomic mass is 10.1. The maximum Gasteiger partial charge on any atom is 0.119 e. The van der Waals surface area contributed by atoms with Crippen LogP contribution in [0.5, 0.6) is 5.75 Å². The molecule has 0 radical (unpaired) electrons. The first-order chi connectivity index (χ1) is 7.47. The Morgan fingerprint density at radius 1 is 1.31 bits per heavy atom. The fourth-order valence-electron chi connectivity index (χ4n) is 1.08. The molecule has 2 nitrogen and oxygen atoms in total. The quantitative estimate of drug-likeness (QED) is 0.819. The summed E-state index contributed by atoms with van der Waals surface area (Å²) in [5, 5.41) is 0. The molecule has 0 bridgehead atoms. The van der Waals surface area contributed by atoms with Gasteiger partial charge in [0.1, 0.15) is 5.75 Å². The van der Waals surface area contributed by atoms with Gasteiger partial charge in [-0.05, 0) is 38.1 Å². The number of hydrogen-bond donors (Lipinski definition) is 1. The largest absolute Gasteiger partial charge is 0.493 e. The molecule has 0 spiro atoms. The van der Waals surface area contributed by atoms with E-state index in [0.717, 1.165) is 28.3 Å². The number of thioether (sulfide) groups is 1. The fourth-order valence-corrected chi connectivity index (χ4v) is 2.22. The van der Waals surface area contributed by atoms with Gasteiger partial charge in [-0.2, -0.15) is 11.8 Å². The predicted octanol–water partition coefficient (Wildman–Crippen LogP) is 3.30. The van der Waals surface area contributed by atoms with Crippen LogP contribution in [-0.2, 0) is 0 Å². The van der Waals surface area contributed by atoms with Crippen molar-refractivity contribution in [1.82, 2.24) is 0 Å². The number of rotatable bonds is 6. The zero-order chi connectivity index (χ0) is 12.0. The second-order valence-electron chi connectivity index (χ2n) is 4.34. The van der Waals surface area contributed by atoms with E-state index in [0.29, 0.717) is 0 Å². The first-order valence-electron chi connectivity index (χ1n) is 5.22. The van der Waals surface area contributed by atoms with Gasteiger partial charge in [0, 0.05) is 21.5 Å². The third kappa shape index (κ3) is 6.40. The molecule has 0 aliphatic carbocycles. The first-order valence-corrected chi connectivity index (χ1v) is 7.17. The molecule has 90 valence electrons. The Balaban J connectivity index is 2.14. The number of hydrogen-bond acceptors (Lipinski definition) is 3. The van der Waals surface area contributed by atoms with Gasteiger partial charge in [-0.1, -0.05) is 15.9 Å². The van der Waals surface area contributed by atoms with Gasteiger partial charge in [0.15, 0.2) is 0 Å². The molecule has 0 amide bonds. The van der Waals surface area contributed by atoms with Crippen LogP contribution in [0.4, 0.5) is 0 Å². The second kappa shape index (κ2) is 6.52. The van der Waals surface area contributed by atoms with E-state index in [2.05, 4.69) is 15.9 Å². The van der Waals surface area contributed by atoms with Gasteiger partial charge < -0.3 is 10.5 Å². The molecule has 0 saturated carbocycles. The molecule has 0 heterocycles. The fraction of sp³-hybridized carbons (Fsp3) is 0.500. The van der Waals surface area contributed by atoms with E-state index in [1.54, 1.807) is 0 Å². The van der Waals surface area contributed by atoms with Crippen molar-refractivity contribution in [3.63, 3.8) is 0 Å². The minimum absolute atomic E-state index is 0.0950. The minimum atomic E-state index is -0.0950. The van der Waals surface area contributed by atoms with Crippen LogP contribution in [0.2, 0.25) is 0 Å². The molecule has 0 unspecified atom stereocenters. The molecule has 16 heavy (non-hydrogen) atoms. The Morgan fingerprint density at radius 2 is 1.94 bits per heavy atom. The maximum atomic E-state index is 5.88. The van der Waals surface area contributed by atoms with E-state index in [-0.39, 0.29) is 5.54 Å². The molecule has 0 aliphatic rings. The van der Waals surface area contributed by atoms with Crippen molar-refractivity contribution in [2.45, 2.75) is 19.4 Å². The maximum absolute atomic E-state index is 5.88. The summed E-state index contributed by atoms with van der Waals surface area (Å²) in [6.45, 7) is 4.80. The highest BCUT2D eigenvalue weighted by molar-refractivity contribution is 9.10. The molecule has 0 atom stereocenters. The summed E-state index contributed by atoms with van der Waals surface area (Å²) in [6.07, 6.45) is 0. The van der Waals surface area contributed by atoms with Crippen molar-refractivity contribution in [3.8, 4) is 5.75 Å². The highest BCUT2D eigenvalue weighted by Crippen LogP contribution is 2.16. The van der Waals surface area contributed by atoms with E-state index in [9.17, 15) is 0 Å². The van der Waals surface area contributed by atoms with Crippen LogP contribution in [0.25, 0.3) is 0 Å². The molecule has 0 aromatic heterocycles. The van der Waals surface area contributed by atoms with Crippen LogP contribution < -0.4 is 10.5 Å². The lowest BCUT2D eigenvalue weighted by Gasteiger charge is -2.17. The standard InChI is InChI=1S/C12H18BrNOS/c1-12(2,14)9-16-8-7-15-11-5-3-10(13)4-6-11/h3-6H,7-9,14H2,1-2H3. The van der Waals surface area contributed by atoms with Crippen molar-refractivity contribution in [2.24, 2.45) is 5.73 Å². The normalized spacial score (nSPS) is 11.5. The summed E-state index contributed by atoms with van der Waals surface area (Å²) in [6, 6.07) is 7.88. The van der Waals surface area contributed by atoms with E-state index in [1.807, 2.05) is 49.9 Å². The second-order valence-corrected chi connectivity index (χ2v) is 6.36. The van der Waals surface area contributed by atoms with Crippen LogP contribution in [0.1, 0.15) is 13.8 Å².